The normalized spacial score (nSPS) is 12.6. The van der Waals surface area contributed by atoms with Gasteiger partial charge in [-0.2, -0.15) is 0 Å². The number of hydrogen-bond acceptors (Lipinski definition) is 3. The zero-order valence-electron chi connectivity index (χ0n) is 11.1. The lowest BCUT2D eigenvalue weighted by molar-refractivity contribution is -0.305. The van der Waals surface area contributed by atoms with Crippen LogP contribution in [0.15, 0.2) is 0 Å². The Morgan fingerprint density at radius 3 is 1.76 bits per heavy atom. The van der Waals surface area contributed by atoms with Crippen LogP contribution in [-0.2, 0) is 4.79 Å². The maximum Gasteiger partial charge on any atom is 0.0512 e. The van der Waals surface area contributed by atoms with Crippen molar-refractivity contribution in [2.45, 2.75) is 83.7 Å². The smallest absolute Gasteiger partial charge is 0.0512 e. The summed E-state index contributed by atoms with van der Waals surface area (Å²) in [6.07, 6.45) is 11.2. The fourth-order valence-electron chi connectivity index (χ4n) is 1.95. The lowest BCUT2D eigenvalue weighted by Gasteiger charge is -2.04. The average Bonchev–Trinajstić information content (AvgIpc) is 2.25. The van der Waals surface area contributed by atoms with Gasteiger partial charge in [0, 0.05) is 5.97 Å². The molecule has 1 unspecified atom stereocenters. The van der Waals surface area contributed by atoms with Crippen LogP contribution in [0.5, 0.6) is 0 Å². The first-order valence-electron chi connectivity index (χ1n) is 7.01. The first kappa shape index (κ1) is 16.4. The first-order chi connectivity index (χ1) is 8.13. The van der Waals surface area contributed by atoms with Crippen LogP contribution in [0.2, 0.25) is 0 Å². The molecule has 0 rings (SSSR count). The number of carboxylic acid groups (broad SMARTS) is 1. The van der Waals surface area contributed by atoms with E-state index in [1.165, 1.54) is 32.1 Å². The van der Waals surface area contributed by atoms with Crippen molar-refractivity contribution in [1.82, 2.24) is 0 Å². The summed E-state index contributed by atoms with van der Waals surface area (Å²) in [4.78, 5) is 10.2. The Labute approximate surface area is 105 Å². The van der Waals surface area contributed by atoms with E-state index >= 15 is 0 Å². The second-order valence-corrected chi connectivity index (χ2v) is 4.94. The topological polar surface area (TPSA) is 60.4 Å². The maximum atomic E-state index is 10.2. The molecule has 0 aliphatic rings. The van der Waals surface area contributed by atoms with Gasteiger partial charge in [0.05, 0.1) is 6.10 Å². The minimum atomic E-state index is -0.928. The van der Waals surface area contributed by atoms with Gasteiger partial charge in [0.25, 0.3) is 0 Å². The van der Waals surface area contributed by atoms with Crippen LogP contribution in [0.1, 0.15) is 77.6 Å². The van der Waals surface area contributed by atoms with Crippen molar-refractivity contribution >= 4 is 5.97 Å². The number of aliphatic hydroxyl groups excluding tert-OH is 1. The molecule has 1 N–H and O–H groups in total. The molecule has 0 aromatic heterocycles. The number of carbonyl (C=O) groups excluding carboxylic acids is 1. The second kappa shape index (κ2) is 11.9. The molecule has 0 fully saturated rings. The Balaban J connectivity index is 2.96. The number of unbranched alkanes of at least 4 members (excludes halogenated alkanes) is 8. The van der Waals surface area contributed by atoms with E-state index in [-0.39, 0.29) is 12.5 Å². The van der Waals surface area contributed by atoms with Gasteiger partial charge in [-0.15, -0.1) is 0 Å². The summed E-state index contributed by atoms with van der Waals surface area (Å²) in [6, 6.07) is 0. The van der Waals surface area contributed by atoms with E-state index in [0.717, 1.165) is 32.1 Å². The minimum absolute atomic E-state index is 0.154. The molecule has 3 heteroatoms. The van der Waals surface area contributed by atoms with Crippen molar-refractivity contribution in [2.75, 3.05) is 0 Å². The Hall–Kier alpha value is -0.570. The molecule has 0 aromatic carbocycles. The monoisotopic (exact) mass is 243 g/mol. The summed E-state index contributed by atoms with van der Waals surface area (Å²) >= 11 is 0. The number of carboxylic acids is 1. The van der Waals surface area contributed by atoms with Gasteiger partial charge in [-0.3, -0.25) is 0 Å². The van der Waals surface area contributed by atoms with E-state index in [2.05, 4.69) is 0 Å². The van der Waals surface area contributed by atoms with Gasteiger partial charge in [-0.05, 0) is 26.2 Å². The quantitative estimate of drug-likeness (QED) is 0.535. The fraction of sp³-hybridized carbons (Fsp3) is 0.929. The van der Waals surface area contributed by atoms with Gasteiger partial charge in [-0.25, -0.2) is 0 Å². The van der Waals surface area contributed by atoms with Gasteiger partial charge in [-0.1, -0.05) is 51.4 Å². The molecule has 3 nitrogen and oxygen atoms in total. The number of rotatable bonds is 12. The summed E-state index contributed by atoms with van der Waals surface area (Å²) < 4.78 is 0. The van der Waals surface area contributed by atoms with Crippen LogP contribution in [0, 0.1) is 0 Å². The van der Waals surface area contributed by atoms with Crippen molar-refractivity contribution in [3.63, 3.8) is 0 Å². The lowest BCUT2D eigenvalue weighted by atomic mass is 10.0. The number of carbonyl (C=O) groups is 1. The molecule has 0 heterocycles. The van der Waals surface area contributed by atoms with Gasteiger partial charge >= 0.3 is 0 Å². The summed E-state index contributed by atoms with van der Waals surface area (Å²) in [5.74, 6) is -0.928. The van der Waals surface area contributed by atoms with Crippen molar-refractivity contribution in [3.05, 3.63) is 0 Å². The highest BCUT2D eigenvalue weighted by molar-refractivity contribution is 5.63. The molecule has 0 amide bonds. The SMILES string of the molecule is CC(O)CCCCCCCCCCCC(=O)[O-]. The lowest BCUT2D eigenvalue weighted by Crippen LogP contribution is -2.21. The molecule has 1 atom stereocenters. The highest BCUT2D eigenvalue weighted by Crippen LogP contribution is 2.11. The van der Waals surface area contributed by atoms with E-state index in [4.69, 9.17) is 5.11 Å². The third-order valence-electron chi connectivity index (χ3n) is 3.00. The third kappa shape index (κ3) is 15.4. The average molecular weight is 243 g/mol. The predicted octanol–water partition coefficient (Wildman–Crippen LogP) is 2.41. The Bertz CT molecular complexity index is 178. The van der Waals surface area contributed by atoms with Gasteiger partial charge in [0.1, 0.15) is 0 Å². The van der Waals surface area contributed by atoms with Crippen molar-refractivity contribution in [1.29, 1.82) is 0 Å². The van der Waals surface area contributed by atoms with Crippen molar-refractivity contribution in [3.8, 4) is 0 Å². The minimum Gasteiger partial charge on any atom is -0.550 e. The molecule has 0 bridgehead atoms. The molecule has 0 aliphatic carbocycles. The molecule has 0 radical (unpaired) electrons. The molecule has 102 valence electrons. The summed E-state index contributed by atoms with van der Waals surface area (Å²) in [7, 11) is 0. The zero-order valence-corrected chi connectivity index (χ0v) is 11.1. The Kier molecular flexibility index (Phi) is 11.5. The van der Waals surface area contributed by atoms with Crippen LogP contribution >= 0.6 is 0 Å². The molecule has 0 saturated heterocycles. The van der Waals surface area contributed by atoms with E-state index in [1.54, 1.807) is 0 Å². The van der Waals surface area contributed by atoms with E-state index in [9.17, 15) is 9.90 Å². The second-order valence-electron chi connectivity index (χ2n) is 4.94. The van der Waals surface area contributed by atoms with Gasteiger partial charge in [0.2, 0.25) is 0 Å². The largest absolute Gasteiger partial charge is 0.550 e. The van der Waals surface area contributed by atoms with Crippen molar-refractivity contribution < 1.29 is 15.0 Å². The molecule has 0 aliphatic heterocycles. The molecular weight excluding hydrogens is 216 g/mol. The zero-order chi connectivity index (χ0) is 12.9. The van der Waals surface area contributed by atoms with Gasteiger partial charge in [0.15, 0.2) is 0 Å². The fourth-order valence-corrected chi connectivity index (χ4v) is 1.95. The van der Waals surface area contributed by atoms with Gasteiger partial charge < -0.3 is 15.0 Å². The highest BCUT2D eigenvalue weighted by Gasteiger charge is 1.96. The Morgan fingerprint density at radius 1 is 0.941 bits per heavy atom. The number of aliphatic carboxylic acids is 1. The highest BCUT2D eigenvalue weighted by atomic mass is 16.4. The molecule has 0 aromatic rings. The van der Waals surface area contributed by atoms with Crippen LogP contribution in [0.3, 0.4) is 0 Å². The Morgan fingerprint density at radius 2 is 1.35 bits per heavy atom. The maximum absolute atomic E-state index is 10.2. The van der Waals surface area contributed by atoms with E-state index in [1.807, 2.05) is 6.92 Å². The van der Waals surface area contributed by atoms with E-state index < -0.39 is 5.97 Å². The summed E-state index contributed by atoms with van der Waals surface area (Å²) in [5.41, 5.74) is 0. The standard InChI is InChI=1S/C14H28O3/c1-13(15)11-9-7-5-3-2-4-6-8-10-12-14(16)17/h13,15H,2-12H2,1H3,(H,16,17)/p-1. The first-order valence-corrected chi connectivity index (χ1v) is 7.01. The van der Waals surface area contributed by atoms with Crippen LogP contribution in [-0.4, -0.2) is 17.2 Å². The molecule has 0 spiro atoms. The third-order valence-corrected chi connectivity index (χ3v) is 3.00. The number of aliphatic hydroxyl groups is 1. The molecule has 0 saturated carbocycles. The van der Waals surface area contributed by atoms with E-state index in [0.29, 0.717) is 0 Å². The summed E-state index contributed by atoms with van der Waals surface area (Å²) in [5, 5.41) is 19.2. The van der Waals surface area contributed by atoms with Crippen molar-refractivity contribution in [2.24, 2.45) is 0 Å². The van der Waals surface area contributed by atoms with Crippen LogP contribution < -0.4 is 5.11 Å². The summed E-state index contributed by atoms with van der Waals surface area (Å²) in [6.45, 7) is 1.84. The van der Waals surface area contributed by atoms with Crippen LogP contribution in [0.25, 0.3) is 0 Å². The molecule has 17 heavy (non-hydrogen) atoms. The molecular formula is C14H27O3-. The number of hydrogen-bond donors (Lipinski definition) is 1. The van der Waals surface area contributed by atoms with Crippen LogP contribution in [0.4, 0.5) is 0 Å². The predicted molar refractivity (Wildman–Crippen MR) is 67.5 cm³/mol.